The molecule has 2 rings (SSSR count). The van der Waals surface area contributed by atoms with Gasteiger partial charge in [-0.15, -0.1) is 0 Å². The molecule has 1 aliphatic carbocycles. The average molecular weight is 209 g/mol. The van der Waals surface area contributed by atoms with Crippen LogP contribution in [0.4, 0.5) is 13.2 Å². The monoisotopic (exact) mass is 209 g/mol. The SMILES string of the molecule is O=C(OC1NCC12CCC2)C(F)(F)F. The quantitative estimate of drug-likeness (QED) is 0.659. The van der Waals surface area contributed by atoms with Gasteiger partial charge in [0.1, 0.15) is 0 Å². The first-order valence-electron chi connectivity index (χ1n) is 4.45. The molecular weight excluding hydrogens is 199 g/mol. The van der Waals surface area contributed by atoms with Gasteiger partial charge in [0, 0.05) is 12.0 Å². The number of halogens is 3. The lowest BCUT2D eigenvalue weighted by Gasteiger charge is -2.54. The van der Waals surface area contributed by atoms with Crippen molar-refractivity contribution in [3.63, 3.8) is 0 Å². The number of esters is 1. The second-order valence-electron chi connectivity index (χ2n) is 3.88. The third-order valence-corrected chi connectivity index (χ3v) is 3.00. The molecular formula is C8H10F3NO2. The topological polar surface area (TPSA) is 38.3 Å². The molecule has 0 radical (unpaired) electrons. The Morgan fingerprint density at radius 1 is 1.43 bits per heavy atom. The minimum absolute atomic E-state index is 0.194. The van der Waals surface area contributed by atoms with Crippen molar-refractivity contribution in [1.82, 2.24) is 5.32 Å². The Morgan fingerprint density at radius 2 is 2.07 bits per heavy atom. The first-order valence-corrected chi connectivity index (χ1v) is 4.45. The van der Waals surface area contributed by atoms with E-state index in [2.05, 4.69) is 10.1 Å². The first kappa shape index (κ1) is 9.76. The molecule has 1 N–H and O–H groups in total. The van der Waals surface area contributed by atoms with Crippen molar-refractivity contribution in [2.75, 3.05) is 6.54 Å². The van der Waals surface area contributed by atoms with Crippen LogP contribution >= 0.6 is 0 Å². The summed E-state index contributed by atoms with van der Waals surface area (Å²) in [6, 6.07) is 0. The van der Waals surface area contributed by atoms with Crippen molar-refractivity contribution in [2.45, 2.75) is 31.7 Å². The highest BCUT2D eigenvalue weighted by atomic mass is 19.4. The van der Waals surface area contributed by atoms with E-state index in [0.717, 1.165) is 19.3 Å². The summed E-state index contributed by atoms with van der Waals surface area (Å²) in [4.78, 5) is 10.5. The van der Waals surface area contributed by atoms with Crippen LogP contribution in [0.3, 0.4) is 0 Å². The molecule has 0 aromatic rings. The lowest BCUT2D eigenvalue weighted by Crippen LogP contribution is -2.67. The van der Waals surface area contributed by atoms with Crippen molar-refractivity contribution in [2.24, 2.45) is 5.41 Å². The van der Waals surface area contributed by atoms with Crippen LogP contribution < -0.4 is 5.32 Å². The summed E-state index contributed by atoms with van der Waals surface area (Å²) >= 11 is 0. The number of alkyl halides is 3. The Kier molecular flexibility index (Phi) is 1.99. The van der Waals surface area contributed by atoms with Crippen LogP contribution in [-0.2, 0) is 9.53 Å². The summed E-state index contributed by atoms with van der Waals surface area (Å²) < 4.78 is 39.9. The Balaban J connectivity index is 1.90. The van der Waals surface area contributed by atoms with E-state index in [1.165, 1.54) is 0 Å². The van der Waals surface area contributed by atoms with Crippen LogP contribution in [0.5, 0.6) is 0 Å². The number of nitrogens with one attached hydrogen (secondary N) is 1. The number of hydrogen-bond acceptors (Lipinski definition) is 3. The number of hydrogen-bond donors (Lipinski definition) is 1. The van der Waals surface area contributed by atoms with Crippen molar-refractivity contribution in [3.8, 4) is 0 Å². The minimum atomic E-state index is -4.89. The van der Waals surface area contributed by atoms with Gasteiger partial charge in [-0.2, -0.15) is 13.2 Å². The number of ether oxygens (including phenoxy) is 1. The van der Waals surface area contributed by atoms with Gasteiger partial charge in [0.2, 0.25) is 0 Å². The van der Waals surface area contributed by atoms with Gasteiger partial charge in [-0.05, 0) is 12.8 Å². The highest BCUT2D eigenvalue weighted by molar-refractivity contribution is 5.75. The van der Waals surface area contributed by atoms with Crippen molar-refractivity contribution < 1.29 is 22.7 Å². The molecule has 0 bridgehead atoms. The molecule has 1 atom stereocenters. The summed E-state index contributed by atoms with van der Waals surface area (Å²) in [5, 5.41) is 2.70. The van der Waals surface area contributed by atoms with Gasteiger partial charge < -0.3 is 4.74 Å². The van der Waals surface area contributed by atoms with E-state index < -0.39 is 18.4 Å². The Morgan fingerprint density at radius 3 is 2.36 bits per heavy atom. The van der Waals surface area contributed by atoms with E-state index in [9.17, 15) is 18.0 Å². The van der Waals surface area contributed by atoms with Gasteiger partial charge in [-0.25, -0.2) is 4.79 Å². The minimum Gasteiger partial charge on any atom is -0.439 e. The van der Waals surface area contributed by atoms with E-state index in [0.29, 0.717) is 6.54 Å². The van der Waals surface area contributed by atoms with Gasteiger partial charge in [0.05, 0.1) is 0 Å². The van der Waals surface area contributed by atoms with Gasteiger partial charge in [-0.1, -0.05) is 6.42 Å². The predicted octanol–water partition coefficient (Wildman–Crippen LogP) is 1.19. The van der Waals surface area contributed by atoms with Crippen LogP contribution in [0.25, 0.3) is 0 Å². The molecule has 2 aliphatic rings. The van der Waals surface area contributed by atoms with E-state index in [1.54, 1.807) is 0 Å². The van der Waals surface area contributed by atoms with Crippen molar-refractivity contribution >= 4 is 5.97 Å². The lowest BCUT2D eigenvalue weighted by atomic mass is 9.63. The second kappa shape index (κ2) is 2.85. The fraction of sp³-hybridized carbons (Fsp3) is 0.875. The maximum atomic E-state index is 11.8. The third-order valence-electron chi connectivity index (χ3n) is 3.00. The van der Waals surface area contributed by atoms with Crippen LogP contribution in [0.15, 0.2) is 0 Å². The van der Waals surface area contributed by atoms with Gasteiger partial charge in [0.25, 0.3) is 0 Å². The third kappa shape index (κ3) is 1.37. The second-order valence-corrected chi connectivity index (χ2v) is 3.88. The highest BCUT2D eigenvalue weighted by Gasteiger charge is 2.55. The molecule has 1 spiro atoms. The zero-order valence-electron chi connectivity index (χ0n) is 7.36. The summed E-state index contributed by atoms with van der Waals surface area (Å²) in [5.74, 6) is -2.10. The molecule has 1 unspecified atom stereocenters. The van der Waals surface area contributed by atoms with Gasteiger partial charge in [-0.3, -0.25) is 5.32 Å². The highest BCUT2D eigenvalue weighted by Crippen LogP contribution is 2.48. The van der Waals surface area contributed by atoms with Crippen molar-refractivity contribution in [1.29, 1.82) is 0 Å². The molecule has 14 heavy (non-hydrogen) atoms. The largest absolute Gasteiger partial charge is 0.490 e. The molecule has 3 nitrogen and oxygen atoms in total. The fourth-order valence-corrected chi connectivity index (χ4v) is 1.88. The molecule has 0 aromatic carbocycles. The molecule has 80 valence electrons. The molecule has 1 heterocycles. The summed E-state index contributed by atoms with van der Waals surface area (Å²) in [6.07, 6.45) is -2.93. The maximum absolute atomic E-state index is 11.8. The molecule has 1 saturated heterocycles. The van der Waals surface area contributed by atoms with Crippen LogP contribution in [-0.4, -0.2) is 24.9 Å². The standard InChI is InChI=1S/C8H10F3NO2/c9-8(10,11)6(13)14-5-7(4-12-5)2-1-3-7/h5,12H,1-4H2. The Labute approximate surface area is 78.6 Å². The van der Waals surface area contributed by atoms with Crippen molar-refractivity contribution in [3.05, 3.63) is 0 Å². The summed E-state index contributed by atoms with van der Waals surface area (Å²) in [7, 11) is 0. The average Bonchev–Trinajstić information content (AvgIpc) is 1.92. The van der Waals surface area contributed by atoms with Crippen LogP contribution in [0, 0.1) is 5.41 Å². The predicted molar refractivity (Wildman–Crippen MR) is 40.2 cm³/mol. The molecule has 1 saturated carbocycles. The molecule has 2 fully saturated rings. The van der Waals surface area contributed by atoms with E-state index in [4.69, 9.17) is 0 Å². The number of carbonyl (C=O) groups is 1. The number of carbonyl (C=O) groups excluding carboxylic acids is 1. The number of rotatable bonds is 1. The van der Waals surface area contributed by atoms with E-state index in [-0.39, 0.29) is 5.41 Å². The summed E-state index contributed by atoms with van der Waals surface area (Å²) in [6.45, 7) is 0.656. The zero-order chi connectivity index (χ0) is 10.4. The molecule has 6 heteroatoms. The fourth-order valence-electron chi connectivity index (χ4n) is 1.88. The molecule has 0 aromatic heterocycles. The first-order chi connectivity index (χ1) is 6.44. The molecule has 1 aliphatic heterocycles. The Hall–Kier alpha value is -0.780. The van der Waals surface area contributed by atoms with Gasteiger partial charge in [0.15, 0.2) is 6.23 Å². The van der Waals surface area contributed by atoms with Gasteiger partial charge >= 0.3 is 12.1 Å². The lowest BCUT2D eigenvalue weighted by molar-refractivity contribution is -0.228. The summed E-state index contributed by atoms with van der Waals surface area (Å²) in [5.41, 5.74) is -0.194. The maximum Gasteiger partial charge on any atom is 0.490 e. The zero-order valence-corrected chi connectivity index (χ0v) is 7.36. The van der Waals surface area contributed by atoms with Crippen LogP contribution in [0.1, 0.15) is 19.3 Å². The van der Waals surface area contributed by atoms with Crippen LogP contribution in [0.2, 0.25) is 0 Å². The van der Waals surface area contributed by atoms with E-state index >= 15 is 0 Å². The normalized spacial score (nSPS) is 29.2. The smallest absolute Gasteiger partial charge is 0.439 e. The van der Waals surface area contributed by atoms with E-state index in [1.807, 2.05) is 0 Å². The molecule has 0 amide bonds. The Bertz CT molecular complexity index is 254.